The van der Waals surface area contributed by atoms with Gasteiger partial charge in [-0.2, -0.15) is 4.31 Å². The van der Waals surface area contributed by atoms with E-state index >= 15 is 0 Å². The highest BCUT2D eigenvalue weighted by atomic mass is 32.2. The first-order valence-electron chi connectivity index (χ1n) is 7.44. The normalized spacial score (nSPS) is 17.0. The Hall–Kier alpha value is -2.25. The maximum Gasteiger partial charge on any atom is 0.243 e. The summed E-state index contributed by atoms with van der Waals surface area (Å²) in [4.78, 5) is 11.8. The number of halogens is 1. The fourth-order valence-electron chi connectivity index (χ4n) is 2.71. The van der Waals surface area contributed by atoms with Crippen LogP contribution in [-0.4, -0.2) is 25.7 Å². The minimum Gasteiger partial charge on any atom is -0.325 e. The standard InChI is InChI=1S/C17H17FN2O3S/c1-11-15-9-14(6-7-16(15)19-17(11)21)24(22,23)20(2)10-12-4-3-5-13(18)8-12/h3-9,11H,10H2,1-2H3,(H,19,21)/t11-/m1/s1. The van der Waals surface area contributed by atoms with Crippen molar-refractivity contribution in [3.8, 4) is 0 Å². The minimum absolute atomic E-state index is 0.0594. The molecule has 1 N–H and O–H groups in total. The zero-order valence-corrected chi connectivity index (χ0v) is 14.1. The predicted octanol–water partition coefficient (Wildman–Crippen LogP) is 2.70. The van der Waals surface area contributed by atoms with Gasteiger partial charge in [0.15, 0.2) is 0 Å². The van der Waals surface area contributed by atoms with E-state index in [1.54, 1.807) is 25.1 Å². The number of amides is 1. The van der Waals surface area contributed by atoms with E-state index in [9.17, 15) is 17.6 Å². The summed E-state index contributed by atoms with van der Waals surface area (Å²) in [6.07, 6.45) is 0. The van der Waals surface area contributed by atoms with Crippen molar-refractivity contribution in [3.63, 3.8) is 0 Å². The van der Waals surface area contributed by atoms with E-state index in [4.69, 9.17) is 0 Å². The molecule has 1 heterocycles. The predicted molar refractivity (Wildman–Crippen MR) is 88.5 cm³/mol. The van der Waals surface area contributed by atoms with Crippen molar-refractivity contribution in [2.24, 2.45) is 0 Å². The molecule has 0 aliphatic carbocycles. The fraction of sp³-hybridized carbons (Fsp3) is 0.235. The van der Waals surface area contributed by atoms with Crippen LogP contribution in [0.15, 0.2) is 47.4 Å². The average Bonchev–Trinajstić information content (AvgIpc) is 2.81. The fourth-order valence-corrected chi connectivity index (χ4v) is 3.91. The van der Waals surface area contributed by atoms with Gasteiger partial charge in [0.1, 0.15) is 5.82 Å². The number of fused-ring (bicyclic) bond motifs is 1. The molecule has 0 radical (unpaired) electrons. The quantitative estimate of drug-likeness (QED) is 0.924. The molecule has 1 aliphatic heterocycles. The molecule has 3 rings (SSSR count). The van der Waals surface area contributed by atoms with E-state index in [-0.39, 0.29) is 23.3 Å². The number of hydrogen-bond donors (Lipinski definition) is 1. The molecule has 2 aromatic rings. The lowest BCUT2D eigenvalue weighted by molar-refractivity contribution is -0.116. The molecular formula is C17H17FN2O3S. The molecule has 1 aliphatic rings. The third kappa shape index (κ3) is 2.92. The maximum absolute atomic E-state index is 13.3. The van der Waals surface area contributed by atoms with Crippen molar-refractivity contribution in [2.45, 2.75) is 24.3 Å². The van der Waals surface area contributed by atoms with E-state index in [0.29, 0.717) is 16.8 Å². The first kappa shape index (κ1) is 16.6. The van der Waals surface area contributed by atoms with Crippen molar-refractivity contribution < 1.29 is 17.6 Å². The van der Waals surface area contributed by atoms with Crippen LogP contribution in [0.5, 0.6) is 0 Å². The van der Waals surface area contributed by atoms with Crippen LogP contribution >= 0.6 is 0 Å². The van der Waals surface area contributed by atoms with Crippen molar-refractivity contribution in [1.82, 2.24) is 4.31 Å². The Morgan fingerprint density at radius 3 is 2.67 bits per heavy atom. The van der Waals surface area contributed by atoms with Gasteiger partial charge in [-0.3, -0.25) is 4.79 Å². The summed E-state index contributed by atoms with van der Waals surface area (Å²) < 4.78 is 39.9. The van der Waals surface area contributed by atoms with Crippen LogP contribution in [0.3, 0.4) is 0 Å². The molecule has 126 valence electrons. The van der Waals surface area contributed by atoms with Crippen molar-refractivity contribution >= 4 is 21.6 Å². The zero-order chi connectivity index (χ0) is 17.5. The molecule has 5 nitrogen and oxygen atoms in total. The maximum atomic E-state index is 13.3. The molecule has 0 fully saturated rings. The molecular weight excluding hydrogens is 331 g/mol. The van der Waals surface area contributed by atoms with Gasteiger partial charge in [0, 0.05) is 19.3 Å². The number of anilines is 1. The summed E-state index contributed by atoms with van der Waals surface area (Å²) in [6.45, 7) is 1.79. The summed E-state index contributed by atoms with van der Waals surface area (Å²) >= 11 is 0. The van der Waals surface area contributed by atoms with E-state index in [1.807, 2.05) is 0 Å². The van der Waals surface area contributed by atoms with Gasteiger partial charge in [-0.15, -0.1) is 0 Å². The summed E-state index contributed by atoms with van der Waals surface area (Å²) in [5, 5.41) is 2.71. The second kappa shape index (κ2) is 5.99. The lowest BCUT2D eigenvalue weighted by Crippen LogP contribution is -2.26. The van der Waals surface area contributed by atoms with E-state index in [1.165, 1.54) is 35.6 Å². The molecule has 7 heteroatoms. The highest BCUT2D eigenvalue weighted by molar-refractivity contribution is 7.89. The number of hydrogen-bond acceptors (Lipinski definition) is 3. The third-order valence-electron chi connectivity index (χ3n) is 4.14. The number of rotatable bonds is 4. The van der Waals surface area contributed by atoms with Crippen LogP contribution in [0, 0.1) is 5.82 Å². The van der Waals surface area contributed by atoms with Crippen LogP contribution in [0.25, 0.3) is 0 Å². The van der Waals surface area contributed by atoms with Gasteiger partial charge in [-0.1, -0.05) is 12.1 Å². The van der Waals surface area contributed by atoms with E-state index in [0.717, 1.165) is 0 Å². The molecule has 0 unspecified atom stereocenters. The minimum atomic E-state index is -3.74. The average molecular weight is 348 g/mol. The summed E-state index contributed by atoms with van der Waals surface area (Å²) in [5.74, 6) is -0.939. The van der Waals surface area contributed by atoms with Gasteiger partial charge in [0.2, 0.25) is 15.9 Å². The first-order valence-corrected chi connectivity index (χ1v) is 8.88. The van der Waals surface area contributed by atoms with Gasteiger partial charge in [0.05, 0.1) is 10.8 Å². The highest BCUT2D eigenvalue weighted by Crippen LogP contribution is 2.34. The van der Waals surface area contributed by atoms with Crippen molar-refractivity contribution in [3.05, 3.63) is 59.4 Å². The number of carbonyl (C=O) groups is 1. The van der Waals surface area contributed by atoms with Gasteiger partial charge in [-0.25, -0.2) is 12.8 Å². The summed E-state index contributed by atoms with van der Waals surface area (Å²) in [5.41, 5.74) is 1.87. The Morgan fingerprint density at radius 2 is 1.96 bits per heavy atom. The highest BCUT2D eigenvalue weighted by Gasteiger charge is 2.29. The molecule has 2 aromatic carbocycles. The smallest absolute Gasteiger partial charge is 0.243 e. The van der Waals surface area contributed by atoms with E-state index in [2.05, 4.69) is 5.32 Å². The van der Waals surface area contributed by atoms with Crippen LogP contribution < -0.4 is 5.32 Å². The molecule has 0 bridgehead atoms. The molecule has 0 saturated heterocycles. The lowest BCUT2D eigenvalue weighted by atomic mass is 10.0. The Morgan fingerprint density at radius 1 is 1.21 bits per heavy atom. The largest absolute Gasteiger partial charge is 0.325 e. The second-order valence-electron chi connectivity index (χ2n) is 5.85. The topological polar surface area (TPSA) is 66.5 Å². The Balaban J connectivity index is 1.89. The number of nitrogens with one attached hydrogen (secondary N) is 1. The number of sulfonamides is 1. The Labute approximate surface area is 140 Å². The molecule has 0 aromatic heterocycles. The SMILES string of the molecule is C[C@H]1C(=O)Nc2ccc(S(=O)(=O)N(C)Cc3cccc(F)c3)cc21. The van der Waals surface area contributed by atoms with E-state index < -0.39 is 15.8 Å². The van der Waals surface area contributed by atoms with Crippen LogP contribution in [0.2, 0.25) is 0 Å². The number of nitrogens with zero attached hydrogens (tertiary/aromatic N) is 1. The van der Waals surface area contributed by atoms with Crippen LogP contribution in [0.4, 0.5) is 10.1 Å². The lowest BCUT2D eigenvalue weighted by Gasteiger charge is -2.18. The van der Waals surface area contributed by atoms with Gasteiger partial charge in [0.25, 0.3) is 0 Å². The van der Waals surface area contributed by atoms with Crippen LogP contribution in [-0.2, 0) is 21.4 Å². The molecule has 24 heavy (non-hydrogen) atoms. The number of benzene rings is 2. The second-order valence-corrected chi connectivity index (χ2v) is 7.90. The van der Waals surface area contributed by atoms with Crippen molar-refractivity contribution in [2.75, 3.05) is 12.4 Å². The first-order chi connectivity index (χ1) is 11.3. The molecule has 0 spiro atoms. The Kier molecular flexibility index (Phi) is 4.15. The molecule has 0 saturated carbocycles. The molecule has 1 atom stereocenters. The van der Waals surface area contributed by atoms with Crippen molar-refractivity contribution in [1.29, 1.82) is 0 Å². The van der Waals surface area contributed by atoms with Gasteiger partial charge in [-0.05, 0) is 48.4 Å². The monoisotopic (exact) mass is 348 g/mol. The van der Waals surface area contributed by atoms with Gasteiger partial charge < -0.3 is 5.32 Å². The summed E-state index contributed by atoms with van der Waals surface area (Å²) in [7, 11) is -2.30. The summed E-state index contributed by atoms with van der Waals surface area (Å²) in [6, 6.07) is 10.4. The Bertz CT molecular complexity index is 912. The van der Waals surface area contributed by atoms with Gasteiger partial charge >= 0.3 is 0 Å². The zero-order valence-electron chi connectivity index (χ0n) is 13.3. The third-order valence-corrected chi connectivity index (χ3v) is 5.94. The van der Waals surface area contributed by atoms with Crippen LogP contribution in [0.1, 0.15) is 24.0 Å². The number of carbonyl (C=O) groups excluding carboxylic acids is 1. The molecule has 1 amide bonds.